The Morgan fingerprint density at radius 1 is 1.10 bits per heavy atom. The zero-order valence-corrected chi connectivity index (χ0v) is 19.8. The van der Waals surface area contributed by atoms with E-state index in [9.17, 15) is 0 Å². The highest BCUT2D eigenvalue weighted by Crippen LogP contribution is 2.34. The highest BCUT2D eigenvalue weighted by atomic mass is 35.5. The van der Waals surface area contributed by atoms with Crippen LogP contribution in [0.25, 0.3) is 0 Å². The summed E-state index contributed by atoms with van der Waals surface area (Å²) in [7, 11) is 0. The minimum absolute atomic E-state index is 0. The summed E-state index contributed by atoms with van der Waals surface area (Å²) in [4.78, 5) is 11.4. The van der Waals surface area contributed by atoms with Crippen LogP contribution in [0.5, 0.6) is 0 Å². The van der Waals surface area contributed by atoms with Crippen molar-refractivity contribution < 1.29 is 0 Å². The molecule has 2 aromatic carbocycles. The number of thiocarbonyl (C=S) groups is 1. The van der Waals surface area contributed by atoms with Gasteiger partial charge in [-0.15, -0.1) is 24.8 Å². The molecule has 30 heavy (non-hydrogen) atoms. The van der Waals surface area contributed by atoms with Gasteiger partial charge in [-0.2, -0.15) is 0 Å². The highest BCUT2D eigenvalue weighted by Gasteiger charge is 2.29. The van der Waals surface area contributed by atoms with Crippen LogP contribution in [0, 0.1) is 0 Å². The van der Waals surface area contributed by atoms with Gasteiger partial charge in [-0.3, -0.25) is 4.99 Å². The summed E-state index contributed by atoms with van der Waals surface area (Å²) in [6.45, 7) is 2.19. The van der Waals surface area contributed by atoms with E-state index in [1.165, 1.54) is 5.56 Å². The van der Waals surface area contributed by atoms with E-state index in [-0.39, 0.29) is 30.7 Å². The van der Waals surface area contributed by atoms with Crippen LogP contribution in [0.2, 0.25) is 10.0 Å². The van der Waals surface area contributed by atoms with Crippen LogP contribution in [0.3, 0.4) is 0 Å². The molecule has 0 saturated carbocycles. The first-order chi connectivity index (χ1) is 13.7. The summed E-state index contributed by atoms with van der Waals surface area (Å²) in [5.41, 5.74) is 2.10. The van der Waals surface area contributed by atoms with Gasteiger partial charge < -0.3 is 9.47 Å². The lowest BCUT2D eigenvalue weighted by Crippen LogP contribution is -2.34. The topological polar surface area (TPSA) is 33.4 Å². The summed E-state index contributed by atoms with van der Waals surface area (Å²) in [5, 5.41) is 2.85. The maximum absolute atomic E-state index is 6.50. The molecule has 158 valence electrons. The van der Waals surface area contributed by atoms with Crippen LogP contribution < -0.4 is 4.90 Å². The van der Waals surface area contributed by atoms with Crippen molar-refractivity contribution in [3.63, 3.8) is 0 Å². The number of amidine groups is 1. The second-order valence-electron chi connectivity index (χ2n) is 6.51. The summed E-state index contributed by atoms with van der Waals surface area (Å²) in [6, 6.07) is 15.9. The Hall–Kier alpha value is -1.63. The van der Waals surface area contributed by atoms with Gasteiger partial charge >= 0.3 is 0 Å². The van der Waals surface area contributed by atoms with Crippen LogP contribution >= 0.6 is 60.2 Å². The van der Waals surface area contributed by atoms with E-state index in [1.807, 2.05) is 36.5 Å². The standard InChI is InChI=1S/C21H18Cl2N4S.2ClH/c22-16-6-7-19(18(23)12-16)27-11-9-25-21(27)17(15-4-2-1-3-5-15)13-26-10-8-24-20(26)14-28;;/h1-8,10,12,14,17H,9,11,13H2;2*1H. The molecule has 0 aliphatic carbocycles. The number of aromatic nitrogens is 2. The lowest BCUT2D eigenvalue weighted by Gasteiger charge is -2.28. The van der Waals surface area contributed by atoms with E-state index in [1.54, 1.807) is 17.6 Å². The molecule has 0 radical (unpaired) electrons. The predicted molar refractivity (Wildman–Crippen MR) is 135 cm³/mol. The summed E-state index contributed by atoms with van der Waals surface area (Å²) < 4.78 is 2.06. The van der Waals surface area contributed by atoms with Gasteiger partial charge in [-0.05, 0) is 23.8 Å². The van der Waals surface area contributed by atoms with Crippen molar-refractivity contribution in [1.29, 1.82) is 0 Å². The van der Waals surface area contributed by atoms with Crippen molar-refractivity contribution in [1.82, 2.24) is 9.55 Å². The molecule has 4 rings (SSSR count). The average Bonchev–Trinajstić information content (AvgIpc) is 3.36. The molecule has 0 fully saturated rings. The van der Waals surface area contributed by atoms with Crippen molar-refractivity contribution in [3.05, 3.63) is 82.4 Å². The number of hydrogen-bond acceptors (Lipinski definition) is 4. The molecule has 1 aliphatic rings. The predicted octanol–water partition coefficient (Wildman–Crippen LogP) is 6.08. The van der Waals surface area contributed by atoms with E-state index in [2.05, 4.69) is 26.6 Å². The molecule has 4 nitrogen and oxygen atoms in total. The Kier molecular flexibility index (Phi) is 9.13. The number of aliphatic imine (C=N–C) groups is 1. The molecule has 1 aromatic heterocycles. The van der Waals surface area contributed by atoms with Gasteiger partial charge in [-0.1, -0.05) is 65.8 Å². The Morgan fingerprint density at radius 3 is 2.57 bits per heavy atom. The van der Waals surface area contributed by atoms with Gasteiger partial charge in [-0.25, -0.2) is 4.98 Å². The molecular weight excluding hydrogens is 482 g/mol. The van der Waals surface area contributed by atoms with Gasteiger partial charge in [0.25, 0.3) is 0 Å². The van der Waals surface area contributed by atoms with Crippen LogP contribution in [-0.2, 0) is 6.54 Å². The number of nitrogens with zero attached hydrogens (tertiary/aromatic N) is 4. The summed E-state index contributed by atoms with van der Waals surface area (Å²) in [5.74, 6) is 1.79. The molecule has 0 bridgehead atoms. The molecule has 0 spiro atoms. The number of benzene rings is 2. The Bertz CT molecular complexity index is 1020. The number of anilines is 1. The lowest BCUT2D eigenvalue weighted by molar-refractivity contribution is 0.651. The van der Waals surface area contributed by atoms with Crippen LogP contribution in [0.4, 0.5) is 5.69 Å². The first-order valence-corrected chi connectivity index (χ1v) is 10.2. The van der Waals surface area contributed by atoms with Gasteiger partial charge in [0.15, 0.2) is 0 Å². The van der Waals surface area contributed by atoms with E-state index >= 15 is 0 Å². The zero-order chi connectivity index (χ0) is 19.5. The Morgan fingerprint density at radius 2 is 1.87 bits per heavy atom. The molecule has 9 heteroatoms. The molecular formula is C21H20Cl4N4S. The second kappa shape index (κ2) is 11.1. The smallest absolute Gasteiger partial charge is 0.143 e. The van der Waals surface area contributed by atoms with Gasteiger partial charge in [0.1, 0.15) is 11.7 Å². The second-order valence-corrected chi connectivity index (χ2v) is 7.59. The molecule has 0 N–H and O–H groups in total. The summed E-state index contributed by atoms with van der Waals surface area (Å²) >= 11 is 17.7. The molecule has 1 aliphatic heterocycles. The van der Waals surface area contributed by atoms with Crippen molar-refractivity contribution in [3.8, 4) is 0 Å². The van der Waals surface area contributed by atoms with Crippen LogP contribution in [0.1, 0.15) is 17.3 Å². The first-order valence-electron chi connectivity index (χ1n) is 8.95. The van der Waals surface area contributed by atoms with Crippen LogP contribution in [-0.4, -0.2) is 33.8 Å². The fourth-order valence-electron chi connectivity index (χ4n) is 3.52. The minimum Gasteiger partial charge on any atom is -0.330 e. The third-order valence-electron chi connectivity index (χ3n) is 4.82. The summed E-state index contributed by atoms with van der Waals surface area (Å²) in [6.07, 6.45) is 3.72. The maximum atomic E-state index is 6.50. The van der Waals surface area contributed by atoms with Gasteiger partial charge in [0.2, 0.25) is 0 Å². The third kappa shape index (κ3) is 5.16. The highest BCUT2D eigenvalue weighted by molar-refractivity contribution is 7.79. The quantitative estimate of drug-likeness (QED) is 0.383. The van der Waals surface area contributed by atoms with Crippen molar-refractivity contribution in [2.75, 3.05) is 18.0 Å². The monoisotopic (exact) mass is 500 g/mol. The number of halogens is 4. The normalized spacial score (nSPS) is 13.8. The van der Waals surface area contributed by atoms with E-state index in [4.69, 9.17) is 40.4 Å². The fraction of sp³-hybridized carbons (Fsp3) is 0.190. The van der Waals surface area contributed by atoms with E-state index in [0.717, 1.165) is 30.4 Å². The lowest BCUT2D eigenvalue weighted by atomic mass is 9.96. The minimum atomic E-state index is 0. The molecule has 3 aromatic rings. The Labute approximate surface area is 203 Å². The molecule has 2 heterocycles. The molecule has 0 amide bonds. The molecule has 0 saturated heterocycles. The SMILES string of the molecule is Cl.Cl.S=Cc1nccn1CC(C1=NCCN1c1ccc(Cl)cc1Cl)c1ccccc1. The van der Waals surface area contributed by atoms with Crippen molar-refractivity contribution in [2.45, 2.75) is 12.5 Å². The zero-order valence-electron chi connectivity index (χ0n) is 15.8. The van der Waals surface area contributed by atoms with Crippen molar-refractivity contribution in [2.24, 2.45) is 4.99 Å². The molecule has 1 unspecified atom stereocenters. The maximum Gasteiger partial charge on any atom is 0.143 e. The number of rotatable bonds is 6. The average molecular weight is 502 g/mol. The number of hydrogen-bond donors (Lipinski definition) is 0. The molecule has 1 atom stereocenters. The van der Waals surface area contributed by atoms with E-state index in [0.29, 0.717) is 16.6 Å². The van der Waals surface area contributed by atoms with Crippen molar-refractivity contribution >= 4 is 77.1 Å². The number of imidazole rings is 1. The fourth-order valence-corrected chi connectivity index (χ4v) is 4.22. The van der Waals surface area contributed by atoms with Crippen LogP contribution in [0.15, 0.2) is 65.9 Å². The van der Waals surface area contributed by atoms with Gasteiger partial charge in [0.05, 0.1) is 23.2 Å². The third-order valence-corrected chi connectivity index (χ3v) is 5.57. The van der Waals surface area contributed by atoms with Gasteiger partial charge in [0, 0.05) is 35.9 Å². The van der Waals surface area contributed by atoms with E-state index < -0.39 is 0 Å². The largest absolute Gasteiger partial charge is 0.330 e. The Balaban J connectivity index is 0.00000160. The first kappa shape index (κ1) is 24.6.